The molecule has 2 rings (SSSR count). The highest BCUT2D eigenvalue weighted by molar-refractivity contribution is 5.93. The first-order chi connectivity index (χ1) is 8.59. The molecule has 2 atom stereocenters. The standard InChI is InChI=1S/C13H19N3O2/c1-16(11-5-3-2-4-10(11)14)13(18)9-6-7-12(17)15-8-9/h6-8,10-11H,2-5,14H2,1H3,(H,15,17). The quantitative estimate of drug-likeness (QED) is 0.810. The Labute approximate surface area is 106 Å². The summed E-state index contributed by atoms with van der Waals surface area (Å²) in [6.45, 7) is 0. The van der Waals surface area contributed by atoms with Gasteiger partial charge in [-0.15, -0.1) is 0 Å². The van der Waals surface area contributed by atoms with Gasteiger partial charge in [0.1, 0.15) is 0 Å². The minimum Gasteiger partial charge on any atom is -0.337 e. The van der Waals surface area contributed by atoms with E-state index in [-0.39, 0.29) is 23.6 Å². The van der Waals surface area contributed by atoms with Crippen LogP contribution in [0.4, 0.5) is 0 Å². The molecular weight excluding hydrogens is 230 g/mol. The van der Waals surface area contributed by atoms with E-state index in [0.717, 1.165) is 25.7 Å². The Hall–Kier alpha value is -1.62. The molecule has 1 amide bonds. The summed E-state index contributed by atoms with van der Waals surface area (Å²) in [5.74, 6) is -0.0893. The van der Waals surface area contributed by atoms with Crippen molar-refractivity contribution in [2.24, 2.45) is 5.73 Å². The smallest absolute Gasteiger partial charge is 0.255 e. The second-order valence-corrected chi connectivity index (χ2v) is 4.87. The number of carbonyl (C=O) groups is 1. The van der Waals surface area contributed by atoms with Gasteiger partial charge in [0.25, 0.3) is 5.91 Å². The number of hydrogen-bond donors (Lipinski definition) is 2. The van der Waals surface area contributed by atoms with Crippen LogP contribution in [-0.2, 0) is 0 Å². The van der Waals surface area contributed by atoms with E-state index < -0.39 is 0 Å². The van der Waals surface area contributed by atoms with Gasteiger partial charge in [0.05, 0.1) is 5.56 Å². The molecule has 5 nitrogen and oxygen atoms in total. The van der Waals surface area contributed by atoms with Gasteiger partial charge >= 0.3 is 0 Å². The number of hydrogen-bond acceptors (Lipinski definition) is 3. The van der Waals surface area contributed by atoms with Gasteiger partial charge in [0, 0.05) is 31.4 Å². The number of likely N-dealkylation sites (N-methyl/N-ethyl adjacent to an activating group) is 1. The predicted octanol–water partition coefficient (Wildman–Crippen LogP) is 0.717. The molecule has 0 spiro atoms. The fourth-order valence-electron chi connectivity index (χ4n) is 2.52. The number of pyridine rings is 1. The molecule has 1 saturated carbocycles. The monoisotopic (exact) mass is 249 g/mol. The van der Waals surface area contributed by atoms with E-state index in [1.165, 1.54) is 12.3 Å². The van der Waals surface area contributed by atoms with Gasteiger partial charge in [0.2, 0.25) is 5.56 Å². The number of H-pyrrole nitrogens is 1. The van der Waals surface area contributed by atoms with Crippen molar-refractivity contribution in [3.05, 3.63) is 34.2 Å². The summed E-state index contributed by atoms with van der Waals surface area (Å²) in [6.07, 6.45) is 5.62. The number of rotatable bonds is 2. The zero-order valence-electron chi connectivity index (χ0n) is 10.6. The van der Waals surface area contributed by atoms with E-state index in [9.17, 15) is 9.59 Å². The van der Waals surface area contributed by atoms with E-state index in [2.05, 4.69) is 4.98 Å². The zero-order chi connectivity index (χ0) is 13.1. The molecule has 1 fully saturated rings. The van der Waals surface area contributed by atoms with Crippen LogP contribution in [0.5, 0.6) is 0 Å². The van der Waals surface area contributed by atoms with Crippen molar-refractivity contribution in [1.82, 2.24) is 9.88 Å². The molecule has 0 saturated heterocycles. The van der Waals surface area contributed by atoms with Gasteiger partial charge in [-0.25, -0.2) is 0 Å². The highest BCUT2D eigenvalue weighted by atomic mass is 16.2. The molecule has 1 aromatic rings. The molecule has 3 N–H and O–H groups in total. The molecule has 1 aliphatic carbocycles. The summed E-state index contributed by atoms with van der Waals surface area (Å²) >= 11 is 0. The van der Waals surface area contributed by atoms with Crippen molar-refractivity contribution in [2.75, 3.05) is 7.05 Å². The second-order valence-electron chi connectivity index (χ2n) is 4.87. The molecule has 5 heteroatoms. The van der Waals surface area contributed by atoms with Gasteiger partial charge in [0.15, 0.2) is 0 Å². The number of nitrogens with one attached hydrogen (secondary N) is 1. The normalized spacial score (nSPS) is 23.7. The average molecular weight is 249 g/mol. The summed E-state index contributed by atoms with van der Waals surface area (Å²) in [5.41, 5.74) is 6.36. The van der Waals surface area contributed by atoms with Gasteiger partial charge in [-0.1, -0.05) is 12.8 Å². The summed E-state index contributed by atoms with van der Waals surface area (Å²) in [5, 5.41) is 0. The molecule has 0 radical (unpaired) electrons. The molecule has 98 valence electrons. The van der Waals surface area contributed by atoms with Crippen LogP contribution in [0.3, 0.4) is 0 Å². The topological polar surface area (TPSA) is 79.2 Å². The Morgan fingerprint density at radius 1 is 1.39 bits per heavy atom. The van der Waals surface area contributed by atoms with Crippen LogP contribution in [0.25, 0.3) is 0 Å². The first-order valence-electron chi connectivity index (χ1n) is 6.31. The average Bonchev–Trinajstić information content (AvgIpc) is 2.38. The fourth-order valence-corrected chi connectivity index (χ4v) is 2.52. The highest BCUT2D eigenvalue weighted by Crippen LogP contribution is 2.22. The molecule has 1 heterocycles. The minimum atomic E-state index is -0.205. The summed E-state index contributed by atoms with van der Waals surface area (Å²) in [4.78, 5) is 27.4. The van der Waals surface area contributed by atoms with Crippen LogP contribution in [0.15, 0.2) is 23.1 Å². The first-order valence-corrected chi connectivity index (χ1v) is 6.31. The van der Waals surface area contributed by atoms with Crippen LogP contribution >= 0.6 is 0 Å². The van der Waals surface area contributed by atoms with E-state index in [0.29, 0.717) is 5.56 Å². The number of aromatic nitrogens is 1. The van der Waals surface area contributed by atoms with E-state index in [1.54, 1.807) is 18.0 Å². The van der Waals surface area contributed by atoms with Gasteiger partial charge in [-0.2, -0.15) is 0 Å². The second kappa shape index (κ2) is 5.35. The SMILES string of the molecule is CN(C(=O)c1ccc(=O)[nH]c1)C1CCCCC1N. The number of nitrogens with two attached hydrogens (primary N) is 1. The van der Waals surface area contributed by atoms with Crippen molar-refractivity contribution in [1.29, 1.82) is 0 Å². The number of aromatic amines is 1. The van der Waals surface area contributed by atoms with Crippen LogP contribution < -0.4 is 11.3 Å². The maximum absolute atomic E-state index is 12.2. The van der Waals surface area contributed by atoms with E-state index in [1.807, 2.05) is 0 Å². The van der Waals surface area contributed by atoms with Crippen LogP contribution in [0.1, 0.15) is 36.0 Å². The predicted molar refractivity (Wildman–Crippen MR) is 69.4 cm³/mol. The summed E-state index contributed by atoms with van der Waals surface area (Å²) < 4.78 is 0. The van der Waals surface area contributed by atoms with Crippen molar-refractivity contribution in [3.63, 3.8) is 0 Å². The number of nitrogens with zero attached hydrogens (tertiary/aromatic N) is 1. The lowest BCUT2D eigenvalue weighted by Crippen LogP contribution is -2.50. The summed E-state index contributed by atoms with van der Waals surface area (Å²) in [6, 6.07) is 3.06. The van der Waals surface area contributed by atoms with Crippen LogP contribution in [0, 0.1) is 0 Å². The maximum Gasteiger partial charge on any atom is 0.255 e. The molecule has 0 aliphatic heterocycles. The largest absolute Gasteiger partial charge is 0.337 e. The molecule has 0 bridgehead atoms. The molecule has 18 heavy (non-hydrogen) atoms. The third-order valence-corrected chi connectivity index (χ3v) is 3.63. The lowest BCUT2D eigenvalue weighted by molar-refractivity contribution is 0.0671. The van der Waals surface area contributed by atoms with E-state index >= 15 is 0 Å². The zero-order valence-corrected chi connectivity index (χ0v) is 10.6. The Bertz CT molecular complexity index is 463. The minimum absolute atomic E-state index is 0.0514. The number of carbonyl (C=O) groups excluding carboxylic acids is 1. The van der Waals surface area contributed by atoms with Crippen molar-refractivity contribution < 1.29 is 4.79 Å². The van der Waals surface area contributed by atoms with Gasteiger partial charge in [-0.05, 0) is 18.9 Å². The lowest BCUT2D eigenvalue weighted by Gasteiger charge is -2.36. The van der Waals surface area contributed by atoms with Crippen molar-refractivity contribution in [3.8, 4) is 0 Å². The van der Waals surface area contributed by atoms with Gasteiger partial charge in [-0.3, -0.25) is 9.59 Å². The third kappa shape index (κ3) is 2.61. The van der Waals surface area contributed by atoms with E-state index in [4.69, 9.17) is 5.73 Å². The lowest BCUT2D eigenvalue weighted by atomic mass is 9.90. The first kappa shape index (κ1) is 12.8. The van der Waals surface area contributed by atoms with Crippen molar-refractivity contribution in [2.45, 2.75) is 37.8 Å². The van der Waals surface area contributed by atoms with Crippen molar-refractivity contribution >= 4 is 5.91 Å². The molecular formula is C13H19N3O2. The van der Waals surface area contributed by atoms with Gasteiger partial charge < -0.3 is 15.6 Å². The Kier molecular flexibility index (Phi) is 3.81. The highest BCUT2D eigenvalue weighted by Gasteiger charge is 2.28. The molecule has 1 aliphatic rings. The van der Waals surface area contributed by atoms with Crippen LogP contribution in [-0.4, -0.2) is 34.9 Å². The third-order valence-electron chi connectivity index (χ3n) is 3.63. The Morgan fingerprint density at radius 2 is 2.11 bits per heavy atom. The summed E-state index contributed by atoms with van der Waals surface area (Å²) in [7, 11) is 1.78. The molecule has 2 unspecified atom stereocenters. The molecule has 0 aromatic carbocycles. The fraction of sp³-hybridized carbons (Fsp3) is 0.538. The molecule has 1 aromatic heterocycles. The number of amides is 1. The Morgan fingerprint density at radius 3 is 2.72 bits per heavy atom. The van der Waals surface area contributed by atoms with Crippen LogP contribution in [0.2, 0.25) is 0 Å². The maximum atomic E-state index is 12.2. The Balaban J connectivity index is 2.12.